The molecule has 1 heterocycles. The summed E-state index contributed by atoms with van der Waals surface area (Å²) in [6, 6.07) is 6.13. The Balaban J connectivity index is 2.32. The topological polar surface area (TPSA) is 72.6 Å². The summed E-state index contributed by atoms with van der Waals surface area (Å²) >= 11 is 0. The number of nitrogen functional groups attached to an aromatic ring is 1. The van der Waals surface area contributed by atoms with Gasteiger partial charge in [0.2, 0.25) is 10.0 Å². The summed E-state index contributed by atoms with van der Waals surface area (Å²) in [6.45, 7) is 4.53. The fourth-order valence-electron chi connectivity index (χ4n) is 1.98. The molecule has 1 aliphatic heterocycles. The lowest BCUT2D eigenvalue weighted by atomic mass is 10.2. The number of sulfonamides is 1. The van der Waals surface area contributed by atoms with E-state index >= 15 is 0 Å². The van der Waals surface area contributed by atoms with Crippen LogP contribution in [0.3, 0.4) is 0 Å². The predicted molar refractivity (Wildman–Crippen MR) is 69.6 cm³/mol. The van der Waals surface area contributed by atoms with Crippen molar-refractivity contribution in [2.45, 2.75) is 30.9 Å². The first-order valence-corrected chi connectivity index (χ1v) is 7.34. The van der Waals surface area contributed by atoms with Gasteiger partial charge >= 0.3 is 0 Å². The van der Waals surface area contributed by atoms with Gasteiger partial charge < -0.3 is 10.5 Å². The molecule has 2 N–H and O–H groups in total. The molecular weight excluding hydrogens is 252 g/mol. The first-order chi connectivity index (χ1) is 8.41. The highest BCUT2D eigenvalue weighted by atomic mass is 32.2. The summed E-state index contributed by atoms with van der Waals surface area (Å²) in [7, 11) is -3.46. The van der Waals surface area contributed by atoms with Crippen LogP contribution in [0.2, 0.25) is 0 Å². The van der Waals surface area contributed by atoms with E-state index in [0.717, 1.165) is 0 Å². The lowest BCUT2D eigenvalue weighted by molar-refractivity contribution is -0.0170. The molecule has 0 saturated carbocycles. The van der Waals surface area contributed by atoms with Crippen LogP contribution in [-0.4, -0.2) is 38.0 Å². The van der Waals surface area contributed by atoms with Gasteiger partial charge in [0.1, 0.15) is 0 Å². The molecule has 6 heteroatoms. The second-order valence-corrected chi connectivity index (χ2v) is 6.53. The third kappa shape index (κ3) is 2.50. The molecule has 2 rings (SSSR count). The zero-order valence-corrected chi connectivity index (χ0v) is 11.4. The van der Waals surface area contributed by atoms with Crippen LogP contribution >= 0.6 is 0 Å². The molecule has 1 aliphatic rings. The van der Waals surface area contributed by atoms with Gasteiger partial charge in [0.05, 0.1) is 17.6 Å². The standard InChI is InChI=1S/C12H18N2O3S/c1-9-8-17-10(2)7-14(9)18(15,16)12-5-3-11(13)4-6-12/h3-6,9-10H,7-8,13H2,1-2H3. The molecule has 2 atom stereocenters. The number of ether oxygens (including phenoxy) is 1. The largest absolute Gasteiger partial charge is 0.399 e. The van der Waals surface area contributed by atoms with E-state index in [9.17, 15) is 8.42 Å². The van der Waals surface area contributed by atoms with Crippen LogP contribution in [0.4, 0.5) is 5.69 Å². The number of hydrogen-bond donors (Lipinski definition) is 1. The van der Waals surface area contributed by atoms with Gasteiger partial charge in [-0.25, -0.2) is 8.42 Å². The van der Waals surface area contributed by atoms with E-state index in [-0.39, 0.29) is 17.0 Å². The highest BCUT2D eigenvalue weighted by Crippen LogP contribution is 2.22. The molecule has 1 saturated heterocycles. The molecule has 0 radical (unpaired) electrons. The van der Waals surface area contributed by atoms with Gasteiger partial charge in [0, 0.05) is 18.3 Å². The molecule has 0 bridgehead atoms. The van der Waals surface area contributed by atoms with Gasteiger partial charge in [0.15, 0.2) is 0 Å². The highest BCUT2D eigenvalue weighted by Gasteiger charge is 2.33. The number of nitrogens with two attached hydrogens (primary N) is 1. The maximum Gasteiger partial charge on any atom is 0.243 e. The van der Waals surface area contributed by atoms with Crippen LogP contribution in [0.1, 0.15) is 13.8 Å². The second-order valence-electron chi connectivity index (χ2n) is 4.64. The third-order valence-electron chi connectivity index (χ3n) is 3.04. The quantitative estimate of drug-likeness (QED) is 0.816. The fourth-order valence-corrected chi connectivity index (χ4v) is 3.67. The van der Waals surface area contributed by atoms with Crippen molar-refractivity contribution in [3.05, 3.63) is 24.3 Å². The molecule has 18 heavy (non-hydrogen) atoms. The van der Waals surface area contributed by atoms with Crippen molar-refractivity contribution in [1.29, 1.82) is 0 Å². The normalized spacial score (nSPS) is 26.1. The minimum atomic E-state index is -3.46. The fraction of sp³-hybridized carbons (Fsp3) is 0.500. The predicted octanol–water partition coefficient (Wildman–Crippen LogP) is 1.07. The Hall–Kier alpha value is -1.11. The molecule has 1 aromatic carbocycles. The van der Waals surface area contributed by atoms with Crippen LogP contribution in [-0.2, 0) is 14.8 Å². The molecule has 0 amide bonds. The average molecular weight is 270 g/mol. The van der Waals surface area contributed by atoms with Crippen LogP contribution < -0.4 is 5.73 Å². The number of morpholine rings is 1. The minimum Gasteiger partial charge on any atom is -0.399 e. The van der Waals surface area contributed by atoms with Crippen molar-refractivity contribution in [3.63, 3.8) is 0 Å². The average Bonchev–Trinajstić information content (AvgIpc) is 2.32. The molecular formula is C12H18N2O3S. The van der Waals surface area contributed by atoms with Crippen molar-refractivity contribution in [2.75, 3.05) is 18.9 Å². The summed E-state index contributed by atoms with van der Waals surface area (Å²) in [5.41, 5.74) is 6.12. The van der Waals surface area contributed by atoms with Crippen molar-refractivity contribution < 1.29 is 13.2 Å². The van der Waals surface area contributed by atoms with Gasteiger partial charge in [-0.1, -0.05) is 0 Å². The number of rotatable bonds is 2. The number of hydrogen-bond acceptors (Lipinski definition) is 4. The Bertz CT molecular complexity index is 513. The SMILES string of the molecule is CC1CN(S(=O)(=O)c2ccc(N)cc2)C(C)CO1. The van der Waals surface area contributed by atoms with E-state index < -0.39 is 10.0 Å². The molecule has 1 fully saturated rings. The Labute approximate surface area is 108 Å². The zero-order chi connectivity index (χ0) is 13.3. The monoisotopic (exact) mass is 270 g/mol. The lowest BCUT2D eigenvalue weighted by Gasteiger charge is -2.35. The van der Waals surface area contributed by atoms with Crippen molar-refractivity contribution >= 4 is 15.7 Å². The van der Waals surface area contributed by atoms with Gasteiger partial charge in [0.25, 0.3) is 0 Å². The van der Waals surface area contributed by atoms with Crippen molar-refractivity contribution in [3.8, 4) is 0 Å². The van der Waals surface area contributed by atoms with E-state index in [0.29, 0.717) is 18.8 Å². The van der Waals surface area contributed by atoms with E-state index in [2.05, 4.69) is 0 Å². The smallest absolute Gasteiger partial charge is 0.243 e. The lowest BCUT2D eigenvalue weighted by Crippen LogP contribution is -2.50. The van der Waals surface area contributed by atoms with Gasteiger partial charge in [-0.05, 0) is 38.1 Å². The molecule has 2 unspecified atom stereocenters. The van der Waals surface area contributed by atoms with Gasteiger partial charge in [-0.3, -0.25) is 0 Å². The van der Waals surface area contributed by atoms with E-state index in [4.69, 9.17) is 10.5 Å². The first-order valence-electron chi connectivity index (χ1n) is 5.90. The molecule has 5 nitrogen and oxygen atoms in total. The molecule has 100 valence electrons. The van der Waals surface area contributed by atoms with Crippen molar-refractivity contribution in [1.82, 2.24) is 4.31 Å². The Morgan fingerprint density at radius 2 is 1.89 bits per heavy atom. The first kappa shape index (κ1) is 13.3. The summed E-state index contributed by atoms with van der Waals surface area (Å²) in [4.78, 5) is 0.276. The van der Waals surface area contributed by atoms with Gasteiger partial charge in [-0.15, -0.1) is 0 Å². The van der Waals surface area contributed by atoms with Crippen LogP contribution in [0.15, 0.2) is 29.2 Å². The number of benzene rings is 1. The summed E-state index contributed by atoms with van der Waals surface area (Å²) in [6.07, 6.45) is -0.0789. The second kappa shape index (κ2) is 4.87. The maximum atomic E-state index is 12.5. The van der Waals surface area contributed by atoms with E-state index in [1.54, 1.807) is 12.1 Å². The summed E-state index contributed by atoms with van der Waals surface area (Å²) in [5, 5.41) is 0. The molecule has 0 spiro atoms. The summed E-state index contributed by atoms with van der Waals surface area (Å²) in [5.74, 6) is 0. The molecule has 1 aromatic rings. The van der Waals surface area contributed by atoms with Gasteiger partial charge in [-0.2, -0.15) is 4.31 Å². The number of anilines is 1. The van der Waals surface area contributed by atoms with Crippen LogP contribution in [0, 0.1) is 0 Å². The summed E-state index contributed by atoms with van der Waals surface area (Å²) < 4.78 is 31.9. The van der Waals surface area contributed by atoms with Crippen LogP contribution in [0.5, 0.6) is 0 Å². The number of nitrogens with zero attached hydrogens (tertiary/aromatic N) is 1. The Morgan fingerprint density at radius 1 is 1.28 bits per heavy atom. The minimum absolute atomic E-state index is 0.0789. The zero-order valence-electron chi connectivity index (χ0n) is 10.5. The van der Waals surface area contributed by atoms with E-state index in [1.165, 1.54) is 16.4 Å². The Morgan fingerprint density at radius 3 is 2.50 bits per heavy atom. The van der Waals surface area contributed by atoms with Crippen LogP contribution in [0.25, 0.3) is 0 Å². The Kier molecular flexibility index (Phi) is 3.61. The molecule has 0 aliphatic carbocycles. The maximum absolute atomic E-state index is 12.5. The third-order valence-corrected chi connectivity index (χ3v) is 5.03. The molecule has 0 aromatic heterocycles. The van der Waals surface area contributed by atoms with E-state index in [1.807, 2.05) is 13.8 Å². The van der Waals surface area contributed by atoms with Crippen molar-refractivity contribution in [2.24, 2.45) is 0 Å². The highest BCUT2D eigenvalue weighted by molar-refractivity contribution is 7.89.